The van der Waals surface area contributed by atoms with Gasteiger partial charge in [0.2, 0.25) is 10.0 Å². The van der Waals surface area contributed by atoms with Gasteiger partial charge in [0.15, 0.2) is 6.10 Å². The van der Waals surface area contributed by atoms with E-state index in [0.717, 1.165) is 24.3 Å². The van der Waals surface area contributed by atoms with Crippen molar-refractivity contribution in [3.63, 3.8) is 0 Å². The summed E-state index contributed by atoms with van der Waals surface area (Å²) >= 11 is 0. The molecule has 8 nitrogen and oxygen atoms in total. The predicted molar refractivity (Wildman–Crippen MR) is 89.2 cm³/mol. The first kappa shape index (κ1) is 20.3. The van der Waals surface area contributed by atoms with Gasteiger partial charge in [-0.25, -0.2) is 17.5 Å². The molecule has 1 fully saturated rings. The van der Waals surface area contributed by atoms with Gasteiger partial charge in [0.25, 0.3) is 5.91 Å². The smallest absolute Gasteiger partial charge is 0.307 e. The fourth-order valence-corrected chi connectivity index (χ4v) is 3.36. The number of rotatable bonds is 7. The molecule has 1 atom stereocenters. The van der Waals surface area contributed by atoms with Crippen LogP contribution in [0.2, 0.25) is 0 Å². The first-order chi connectivity index (χ1) is 12.3. The molecule has 1 heterocycles. The van der Waals surface area contributed by atoms with Gasteiger partial charge in [-0.15, -0.1) is 0 Å². The zero-order valence-corrected chi connectivity index (χ0v) is 15.1. The molecule has 1 saturated heterocycles. The maximum Gasteiger partial charge on any atom is 0.307 e. The summed E-state index contributed by atoms with van der Waals surface area (Å²) in [6.45, 7) is 3.04. The maximum atomic E-state index is 12.8. The van der Waals surface area contributed by atoms with Crippen LogP contribution < -0.4 is 4.72 Å². The monoisotopic (exact) mass is 388 g/mol. The van der Waals surface area contributed by atoms with Crippen LogP contribution in [0.3, 0.4) is 0 Å². The van der Waals surface area contributed by atoms with Crippen LogP contribution in [0.4, 0.5) is 4.39 Å². The Bertz CT molecular complexity index is 732. The summed E-state index contributed by atoms with van der Waals surface area (Å²) in [6.07, 6.45) is -1.18. The van der Waals surface area contributed by atoms with Crippen LogP contribution in [0.15, 0.2) is 29.2 Å². The van der Waals surface area contributed by atoms with Gasteiger partial charge >= 0.3 is 5.97 Å². The van der Waals surface area contributed by atoms with E-state index in [1.165, 1.54) is 6.92 Å². The SMILES string of the molecule is C[C@H](OC(=O)CCNS(=O)(=O)c1ccc(F)cc1)C(=O)N1CCOCC1. The van der Waals surface area contributed by atoms with Gasteiger partial charge in [-0.3, -0.25) is 9.59 Å². The topological polar surface area (TPSA) is 102 Å². The van der Waals surface area contributed by atoms with Crippen LogP contribution in [0.5, 0.6) is 0 Å². The van der Waals surface area contributed by atoms with E-state index < -0.39 is 27.9 Å². The molecule has 0 aliphatic carbocycles. The van der Waals surface area contributed by atoms with Gasteiger partial charge in [0, 0.05) is 19.6 Å². The van der Waals surface area contributed by atoms with E-state index in [2.05, 4.69) is 4.72 Å². The highest BCUT2D eigenvalue weighted by Gasteiger charge is 2.25. The van der Waals surface area contributed by atoms with Gasteiger partial charge in [0.05, 0.1) is 24.5 Å². The molecule has 0 saturated carbocycles. The lowest BCUT2D eigenvalue weighted by atomic mass is 10.3. The van der Waals surface area contributed by atoms with Crippen LogP contribution in [-0.4, -0.2) is 64.1 Å². The maximum absolute atomic E-state index is 12.8. The Kier molecular flexibility index (Phi) is 7.06. The van der Waals surface area contributed by atoms with Crippen molar-refractivity contribution in [2.75, 3.05) is 32.8 Å². The third-order valence-corrected chi connectivity index (χ3v) is 5.20. The van der Waals surface area contributed by atoms with Gasteiger partial charge in [0.1, 0.15) is 5.82 Å². The molecule has 0 unspecified atom stereocenters. The quantitative estimate of drug-likeness (QED) is 0.674. The molecule has 1 aliphatic rings. The molecule has 10 heteroatoms. The van der Waals surface area contributed by atoms with Gasteiger partial charge < -0.3 is 14.4 Å². The van der Waals surface area contributed by atoms with Crippen LogP contribution in [0.1, 0.15) is 13.3 Å². The normalized spacial score (nSPS) is 16.2. The molecule has 2 rings (SSSR count). The number of halogens is 1. The lowest BCUT2D eigenvalue weighted by Crippen LogP contribution is -2.46. The number of carbonyl (C=O) groups is 2. The number of esters is 1. The number of benzene rings is 1. The first-order valence-electron chi connectivity index (χ1n) is 8.11. The number of morpholine rings is 1. The summed E-state index contributed by atoms with van der Waals surface area (Å²) in [5.74, 6) is -1.55. The van der Waals surface area contributed by atoms with Gasteiger partial charge in [-0.2, -0.15) is 0 Å². The fourth-order valence-electron chi connectivity index (χ4n) is 2.33. The van der Waals surface area contributed by atoms with E-state index in [-0.39, 0.29) is 23.8 Å². The highest BCUT2D eigenvalue weighted by atomic mass is 32.2. The number of nitrogens with one attached hydrogen (secondary N) is 1. The Balaban J connectivity index is 1.77. The minimum atomic E-state index is -3.85. The van der Waals surface area contributed by atoms with Crippen LogP contribution in [0.25, 0.3) is 0 Å². The second-order valence-electron chi connectivity index (χ2n) is 5.67. The highest BCUT2D eigenvalue weighted by Crippen LogP contribution is 2.10. The molecule has 0 radical (unpaired) electrons. The summed E-state index contributed by atoms with van der Waals surface area (Å²) in [5, 5.41) is 0. The van der Waals surface area contributed by atoms with E-state index >= 15 is 0 Å². The summed E-state index contributed by atoms with van der Waals surface area (Å²) in [6, 6.07) is 4.31. The van der Waals surface area contributed by atoms with Gasteiger partial charge in [-0.1, -0.05) is 0 Å². The van der Waals surface area contributed by atoms with Crippen molar-refractivity contribution in [2.45, 2.75) is 24.3 Å². The predicted octanol–water partition coefficient (Wildman–Crippen LogP) is 0.285. The van der Waals surface area contributed by atoms with Crippen LogP contribution in [0, 0.1) is 5.82 Å². The molecule has 1 amide bonds. The largest absolute Gasteiger partial charge is 0.452 e. The first-order valence-corrected chi connectivity index (χ1v) is 9.59. The number of ether oxygens (including phenoxy) is 2. The molecule has 144 valence electrons. The summed E-state index contributed by atoms with van der Waals surface area (Å²) < 4.78 is 49.3. The average molecular weight is 388 g/mol. The van der Waals surface area contributed by atoms with E-state index in [1.807, 2.05) is 0 Å². The van der Waals surface area contributed by atoms with Crippen molar-refractivity contribution in [2.24, 2.45) is 0 Å². The third kappa shape index (κ3) is 5.75. The minimum absolute atomic E-state index is 0.108. The molecule has 1 aromatic carbocycles. The Morgan fingerprint density at radius 3 is 2.50 bits per heavy atom. The average Bonchev–Trinajstić information content (AvgIpc) is 2.62. The Morgan fingerprint density at radius 2 is 1.88 bits per heavy atom. The van der Waals surface area contributed by atoms with E-state index in [4.69, 9.17) is 9.47 Å². The second kappa shape index (κ2) is 9.06. The van der Waals surface area contributed by atoms with Crippen molar-refractivity contribution in [3.05, 3.63) is 30.1 Å². The zero-order valence-electron chi connectivity index (χ0n) is 14.3. The number of hydrogen-bond acceptors (Lipinski definition) is 6. The van der Waals surface area contributed by atoms with Crippen LogP contribution in [-0.2, 0) is 29.1 Å². The molecule has 1 aromatic rings. The van der Waals surface area contributed by atoms with Crippen molar-refractivity contribution in [1.82, 2.24) is 9.62 Å². The Hall–Kier alpha value is -2.04. The number of carbonyl (C=O) groups excluding carboxylic acids is 2. The summed E-state index contributed by atoms with van der Waals surface area (Å²) in [7, 11) is -3.85. The van der Waals surface area contributed by atoms with Crippen molar-refractivity contribution < 1.29 is 31.9 Å². The lowest BCUT2D eigenvalue weighted by molar-refractivity contribution is -0.160. The Morgan fingerprint density at radius 1 is 1.27 bits per heavy atom. The van der Waals surface area contributed by atoms with E-state index in [9.17, 15) is 22.4 Å². The fraction of sp³-hybridized carbons (Fsp3) is 0.500. The van der Waals surface area contributed by atoms with Crippen LogP contribution >= 0.6 is 0 Å². The summed E-state index contributed by atoms with van der Waals surface area (Å²) in [4.78, 5) is 25.4. The molecule has 0 aromatic heterocycles. The van der Waals surface area contributed by atoms with Crippen molar-refractivity contribution >= 4 is 21.9 Å². The molecular formula is C16H21FN2O6S. The van der Waals surface area contributed by atoms with Gasteiger partial charge in [-0.05, 0) is 31.2 Å². The zero-order chi connectivity index (χ0) is 19.2. The Labute approximate surface area is 151 Å². The molecule has 1 aliphatic heterocycles. The molecular weight excluding hydrogens is 367 g/mol. The summed E-state index contributed by atoms with van der Waals surface area (Å²) in [5.41, 5.74) is 0. The molecule has 0 spiro atoms. The molecule has 26 heavy (non-hydrogen) atoms. The van der Waals surface area contributed by atoms with E-state index in [0.29, 0.717) is 26.3 Å². The highest BCUT2D eigenvalue weighted by molar-refractivity contribution is 7.89. The van der Waals surface area contributed by atoms with Crippen molar-refractivity contribution in [1.29, 1.82) is 0 Å². The second-order valence-corrected chi connectivity index (χ2v) is 7.44. The minimum Gasteiger partial charge on any atom is -0.452 e. The third-order valence-electron chi connectivity index (χ3n) is 3.72. The standard InChI is InChI=1S/C16H21FN2O6S/c1-12(16(21)19-8-10-24-11-9-19)25-15(20)6-7-18-26(22,23)14-4-2-13(17)3-5-14/h2-5,12,18H,6-11H2,1H3/t12-/m0/s1. The van der Waals surface area contributed by atoms with E-state index in [1.54, 1.807) is 4.90 Å². The number of hydrogen-bond donors (Lipinski definition) is 1. The number of sulfonamides is 1. The lowest BCUT2D eigenvalue weighted by Gasteiger charge is -2.28. The molecule has 0 bridgehead atoms. The molecule has 1 N–H and O–H groups in total. The number of nitrogens with zero attached hydrogens (tertiary/aromatic N) is 1. The van der Waals surface area contributed by atoms with Crippen molar-refractivity contribution in [3.8, 4) is 0 Å². The number of amides is 1.